The monoisotopic (exact) mass is 496 g/mol. The average Bonchev–Trinajstić information content (AvgIpc) is 2.87. The van der Waals surface area contributed by atoms with Gasteiger partial charge in [-0.05, 0) is 36.2 Å². The molecule has 35 heavy (non-hydrogen) atoms. The Labute approximate surface area is 208 Å². The van der Waals surface area contributed by atoms with Crippen molar-refractivity contribution in [2.75, 3.05) is 31.5 Å². The first kappa shape index (κ1) is 25.6. The lowest BCUT2D eigenvalue weighted by molar-refractivity contribution is -0.119. The Hall–Kier alpha value is -4.04. The van der Waals surface area contributed by atoms with Crippen molar-refractivity contribution in [3.05, 3.63) is 82.4 Å². The van der Waals surface area contributed by atoms with Crippen LogP contribution in [-0.2, 0) is 16.0 Å². The highest BCUT2D eigenvalue weighted by Gasteiger charge is 2.22. The fourth-order valence-corrected chi connectivity index (χ4v) is 3.44. The summed E-state index contributed by atoms with van der Waals surface area (Å²) in [5.74, 6) is -1.35. The number of methoxy groups -OCH3 is 2. The van der Waals surface area contributed by atoms with Crippen LogP contribution in [0.3, 0.4) is 0 Å². The lowest BCUT2D eigenvalue weighted by atomic mass is 10.1. The average molecular weight is 497 g/mol. The number of nitrogens with one attached hydrogen (secondary N) is 2. The molecule has 0 fully saturated rings. The van der Waals surface area contributed by atoms with Crippen LogP contribution in [0.5, 0.6) is 11.5 Å². The molecule has 0 unspecified atom stereocenters. The van der Waals surface area contributed by atoms with E-state index in [-0.39, 0.29) is 33.3 Å². The zero-order valence-corrected chi connectivity index (χ0v) is 20.3. The van der Waals surface area contributed by atoms with E-state index in [1.165, 1.54) is 26.4 Å². The van der Waals surface area contributed by atoms with Crippen molar-refractivity contribution in [2.45, 2.75) is 13.3 Å². The van der Waals surface area contributed by atoms with Gasteiger partial charge in [0.2, 0.25) is 0 Å². The van der Waals surface area contributed by atoms with Gasteiger partial charge in [0.25, 0.3) is 11.8 Å². The van der Waals surface area contributed by atoms with Gasteiger partial charge in [0.15, 0.2) is 18.1 Å². The third-order valence-electron chi connectivity index (χ3n) is 5.09. The molecule has 182 valence electrons. The summed E-state index contributed by atoms with van der Waals surface area (Å²) in [5.41, 5.74) is 2.02. The number of carbonyl (C=O) groups excluding carboxylic acids is 3. The third-order valence-corrected chi connectivity index (χ3v) is 5.42. The summed E-state index contributed by atoms with van der Waals surface area (Å²) in [5, 5.41) is 5.57. The molecule has 0 saturated carbocycles. The van der Waals surface area contributed by atoms with E-state index in [4.69, 9.17) is 25.8 Å². The van der Waals surface area contributed by atoms with E-state index in [1.54, 1.807) is 36.4 Å². The van der Waals surface area contributed by atoms with Crippen molar-refractivity contribution in [1.29, 1.82) is 0 Å². The maximum Gasteiger partial charge on any atom is 0.340 e. The number of esters is 1. The number of rotatable bonds is 9. The van der Waals surface area contributed by atoms with Crippen LogP contribution in [0, 0.1) is 0 Å². The van der Waals surface area contributed by atoms with Gasteiger partial charge in [-0.1, -0.05) is 42.8 Å². The highest BCUT2D eigenvalue weighted by atomic mass is 35.5. The van der Waals surface area contributed by atoms with E-state index in [0.717, 1.165) is 12.0 Å². The van der Waals surface area contributed by atoms with Crippen LogP contribution in [0.2, 0.25) is 5.02 Å². The van der Waals surface area contributed by atoms with Gasteiger partial charge in [0.1, 0.15) is 0 Å². The molecule has 0 aromatic heterocycles. The van der Waals surface area contributed by atoms with E-state index in [1.807, 2.05) is 19.1 Å². The van der Waals surface area contributed by atoms with Gasteiger partial charge < -0.3 is 24.8 Å². The molecule has 2 N–H and O–H groups in total. The zero-order chi connectivity index (χ0) is 25.4. The van der Waals surface area contributed by atoms with Gasteiger partial charge >= 0.3 is 5.97 Å². The molecule has 0 heterocycles. The number of carbonyl (C=O) groups is 3. The van der Waals surface area contributed by atoms with E-state index in [9.17, 15) is 14.4 Å². The van der Waals surface area contributed by atoms with Crippen LogP contribution in [-0.4, -0.2) is 38.6 Å². The number of aryl methyl sites for hydroxylation is 1. The van der Waals surface area contributed by atoms with Crippen LogP contribution in [0.1, 0.15) is 33.2 Å². The number of benzene rings is 3. The first-order valence-electron chi connectivity index (χ1n) is 10.7. The third kappa shape index (κ3) is 6.51. The van der Waals surface area contributed by atoms with Gasteiger partial charge in [-0.3, -0.25) is 9.59 Å². The Balaban J connectivity index is 1.78. The second-order valence-corrected chi connectivity index (χ2v) is 7.77. The molecule has 0 saturated heterocycles. The highest BCUT2D eigenvalue weighted by molar-refractivity contribution is 6.34. The van der Waals surface area contributed by atoms with Gasteiger partial charge in [0.05, 0.1) is 36.1 Å². The Bertz CT molecular complexity index is 1230. The molecule has 0 aliphatic rings. The Kier molecular flexibility index (Phi) is 8.69. The molecule has 0 aliphatic heterocycles. The number of hydrogen-bond donors (Lipinski definition) is 2. The lowest BCUT2D eigenvalue weighted by Gasteiger charge is -2.15. The molecule has 2 amide bonds. The van der Waals surface area contributed by atoms with Crippen molar-refractivity contribution in [3.8, 4) is 11.5 Å². The Morgan fingerprint density at radius 1 is 0.857 bits per heavy atom. The second kappa shape index (κ2) is 11.9. The maximum absolute atomic E-state index is 12.9. The molecule has 8 nitrogen and oxygen atoms in total. The highest BCUT2D eigenvalue weighted by Crippen LogP contribution is 2.34. The largest absolute Gasteiger partial charge is 0.493 e. The molecule has 0 aliphatic carbocycles. The molecule has 0 bridgehead atoms. The maximum atomic E-state index is 12.9. The van der Waals surface area contributed by atoms with Crippen molar-refractivity contribution in [2.24, 2.45) is 0 Å². The van der Waals surface area contributed by atoms with Crippen molar-refractivity contribution in [1.82, 2.24) is 0 Å². The van der Waals surface area contributed by atoms with Crippen LogP contribution in [0.15, 0.2) is 60.7 Å². The lowest BCUT2D eigenvalue weighted by Crippen LogP contribution is -2.22. The predicted molar refractivity (Wildman–Crippen MR) is 134 cm³/mol. The minimum atomic E-state index is -0.836. The molecule has 0 spiro atoms. The molecule has 3 rings (SSSR count). The van der Waals surface area contributed by atoms with Gasteiger partial charge in [-0.25, -0.2) is 4.79 Å². The number of ether oxygens (including phenoxy) is 3. The fraction of sp³-hybridized carbons (Fsp3) is 0.192. The predicted octanol–water partition coefficient (Wildman–Crippen LogP) is 4.97. The topological polar surface area (TPSA) is 103 Å². The second-order valence-electron chi connectivity index (χ2n) is 7.36. The molecule has 0 atom stereocenters. The summed E-state index contributed by atoms with van der Waals surface area (Å²) in [6, 6.07) is 16.6. The minimum Gasteiger partial charge on any atom is -0.493 e. The number of anilines is 2. The quantitative estimate of drug-likeness (QED) is 0.405. The summed E-state index contributed by atoms with van der Waals surface area (Å²) >= 11 is 6.12. The van der Waals surface area contributed by atoms with Crippen LogP contribution < -0.4 is 20.1 Å². The Morgan fingerprint density at radius 2 is 1.51 bits per heavy atom. The standard InChI is InChI=1S/C26H25ClN2O6/c1-4-16-9-11-17(12-10-16)28-24(30)15-35-26(32)19-13-22(33-2)23(34-3)14-21(19)29-25(31)18-7-5-6-8-20(18)27/h5-14H,4,15H2,1-3H3,(H,28,30)(H,29,31). The smallest absolute Gasteiger partial charge is 0.340 e. The minimum absolute atomic E-state index is 0.0249. The molecule has 3 aromatic rings. The molecule has 3 aromatic carbocycles. The van der Waals surface area contributed by atoms with Crippen LogP contribution >= 0.6 is 11.6 Å². The van der Waals surface area contributed by atoms with Crippen molar-refractivity contribution in [3.63, 3.8) is 0 Å². The first-order chi connectivity index (χ1) is 16.9. The Morgan fingerprint density at radius 3 is 2.14 bits per heavy atom. The summed E-state index contributed by atoms with van der Waals surface area (Å²) in [4.78, 5) is 38.0. The van der Waals surface area contributed by atoms with E-state index in [0.29, 0.717) is 5.69 Å². The first-order valence-corrected chi connectivity index (χ1v) is 11.1. The fourth-order valence-electron chi connectivity index (χ4n) is 3.22. The molecular weight excluding hydrogens is 472 g/mol. The van der Waals surface area contributed by atoms with E-state index < -0.39 is 24.4 Å². The van der Waals surface area contributed by atoms with Gasteiger partial charge in [0, 0.05) is 17.8 Å². The number of halogens is 1. The van der Waals surface area contributed by atoms with Crippen LogP contribution in [0.4, 0.5) is 11.4 Å². The SMILES string of the molecule is CCc1ccc(NC(=O)COC(=O)c2cc(OC)c(OC)cc2NC(=O)c2ccccc2Cl)cc1. The number of hydrogen-bond acceptors (Lipinski definition) is 6. The van der Waals surface area contributed by atoms with Crippen LogP contribution in [0.25, 0.3) is 0 Å². The summed E-state index contributed by atoms with van der Waals surface area (Å²) in [6.07, 6.45) is 0.881. The summed E-state index contributed by atoms with van der Waals surface area (Å²) in [7, 11) is 2.83. The van der Waals surface area contributed by atoms with Crippen molar-refractivity contribution >= 4 is 40.8 Å². The number of amides is 2. The molecule has 9 heteroatoms. The zero-order valence-electron chi connectivity index (χ0n) is 19.5. The molecular formula is C26H25ClN2O6. The molecule has 0 radical (unpaired) electrons. The summed E-state index contributed by atoms with van der Waals surface area (Å²) < 4.78 is 15.8. The van der Waals surface area contributed by atoms with E-state index >= 15 is 0 Å². The van der Waals surface area contributed by atoms with Crippen molar-refractivity contribution < 1.29 is 28.6 Å². The van der Waals surface area contributed by atoms with E-state index in [2.05, 4.69) is 10.6 Å². The normalized spacial score (nSPS) is 10.3. The summed E-state index contributed by atoms with van der Waals surface area (Å²) in [6.45, 7) is 1.51. The van der Waals surface area contributed by atoms with Gasteiger partial charge in [-0.15, -0.1) is 0 Å². The van der Waals surface area contributed by atoms with Gasteiger partial charge in [-0.2, -0.15) is 0 Å².